The molecule has 1 saturated heterocycles. The predicted octanol–water partition coefficient (Wildman–Crippen LogP) is 4.59. The van der Waals surface area contributed by atoms with Crippen LogP contribution in [0.1, 0.15) is 43.7 Å². The molecule has 2 aromatic rings. The van der Waals surface area contributed by atoms with Crippen LogP contribution in [-0.2, 0) is 0 Å². The number of likely N-dealkylation sites (tertiary alicyclic amines) is 1. The predicted molar refractivity (Wildman–Crippen MR) is 92.5 cm³/mol. The lowest BCUT2D eigenvalue weighted by Gasteiger charge is -2.38. The second-order valence-electron chi connectivity index (χ2n) is 6.24. The smallest absolute Gasteiger partial charge is 0.290 e. The van der Waals surface area contributed by atoms with Crippen LogP contribution in [0.15, 0.2) is 34.7 Å². The lowest BCUT2D eigenvalue weighted by Crippen LogP contribution is -2.47. The molecular formula is C18H21ClN2O2. The number of carbonyl (C=O) groups is 1. The minimum absolute atomic E-state index is 0.0523. The van der Waals surface area contributed by atoms with Gasteiger partial charge >= 0.3 is 0 Å². The van der Waals surface area contributed by atoms with E-state index in [-0.39, 0.29) is 18.0 Å². The van der Waals surface area contributed by atoms with Gasteiger partial charge in [-0.25, -0.2) is 0 Å². The number of furan rings is 1. The topological polar surface area (TPSA) is 59.5 Å². The highest BCUT2D eigenvalue weighted by atomic mass is 35.5. The molecule has 1 aromatic heterocycles. The fourth-order valence-corrected chi connectivity index (χ4v) is 3.48. The molecule has 2 heterocycles. The van der Waals surface area contributed by atoms with E-state index in [1.165, 1.54) is 0 Å². The maximum atomic E-state index is 12.8. The normalized spacial score (nSPS) is 21.4. The molecule has 1 fully saturated rings. The zero-order valence-electron chi connectivity index (χ0n) is 13.4. The monoisotopic (exact) mass is 332 g/mol. The molecular weight excluding hydrogens is 312 g/mol. The molecule has 0 saturated carbocycles. The van der Waals surface area contributed by atoms with Gasteiger partial charge in [0.15, 0.2) is 5.76 Å². The number of hydrogen-bond acceptors (Lipinski definition) is 3. The van der Waals surface area contributed by atoms with E-state index in [0.29, 0.717) is 22.2 Å². The highest BCUT2D eigenvalue weighted by Gasteiger charge is 2.31. The standard InChI is InChI=1S/C18H21ClN2O2/c1-11-4-3-5-12(2)21(11)18(22)17-9-8-16(23-17)14-7-6-13(19)10-15(14)20/h6-12H,3-5,20H2,1-2H3. The van der Waals surface area contributed by atoms with Crippen molar-refractivity contribution in [2.24, 2.45) is 0 Å². The van der Waals surface area contributed by atoms with Crippen LogP contribution in [0.25, 0.3) is 11.3 Å². The van der Waals surface area contributed by atoms with Gasteiger partial charge in [0.25, 0.3) is 5.91 Å². The van der Waals surface area contributed by atoms with Gasteiger partial charge in [0.2, 0.25) is 0 Å². The molecule has 0 aliphatic carbocycles. The minimum atomic E-state index is -0.0523. The highest BCUT2D eigenvalue weighted by molar-refractivity contribution is 6.31. The third-order valence-corrected chi connectivity index (χ3v) is 4.76. The Morgan fingerprint density at radius 3 is 2.57 bits per heavy atom. The third-order valence-electron chi connectivity index (χ3n) is 4.52. The summed E-state index contributed by atoms with van der Waals surface area (Å²) in [4.78, 5) is 14.7. The Balaban J connectivity index is 1.88. The van der Waals surface area contributed by atoms with Crippen LogP contribution in [-0.4, -0.2) is 22.9 Å². The van der Waals surface area contributed by atoms with Crippen molar-refractivity contribution in [3.05, 3.63) is 41.1 Å². The molecule has 1 amide bonds. The first-order chi connectivity index (χ1) is 11.0. The molecule has 4 nitrogen and oxygen atoms in total. The summed E-state index contributed by atoms with van der Waals surface area (Å²) in [6.07, 6.45) is 3.23. The Hall–Kier alpha value is -1.94. The Bertz CT molecular complexity index is 716. The first-order valence-corrected chi connectivity index (χ1v) is 8.33. The summed E-state index contributed by atoms with van der Waals surface area (Å²) in [6, 6.07) is 9.21. The molecule has 5 heteroatoms. The van der Waals surface area contributed by atoms with Gasteiger partial charge in [0, 0.05) is 28.4 Å². The van der Waals surface area contributed by atoms with Crippen molar-refractivity contribution in [2.75, 3.05) is 5.73 Å². The third kappa shape index (κ3) is 3.08. The van der Waals surface area contributed by atoms with Crippen molar-refractivity contribution in [1.29, 1.82) is 0 Å². The average Bonchev–Trinajstić information content (AvgIpc) is 2.96. The summed E-state index contributed by atoms with van der Waals surface area (Å²) < 4.78 is 5.79. The van der Waals surface area contributed by atoms with Crippen LogP contribution < -0.4 is 5.73 Å². The Labute approximate surface area is 141 Å². The van der Waals surface area contributed by atoms with E-state index in [2.05, 4.69) is 13.8 Å². The summed E-state index contributed by atoms with van der Waals surface area (Å²) in [7, 11) is 0. The van der Waals surface area contributed by atoms with E-state index < -0.39 is 0 Å². The summed E-state index contributed by atoms with van der Waals surface area (Å²) in [5.41, 5.74) is 7.26. The van der Waals surface area contributed by atoms with E-state index >= 15 is 0 Å². The number of amides is 1. The quantitative estimate of drug-likeness (QED) is 0.818. The van der Waals surface area contributed by atoms with E-state index in [1.807, 2.05) is 4.90 Å². The van der Waals surface area contributed by atoms with Gasteiger partial charge in [-0.1, -0.05) is 11.6 Å². The fraction of sp³-hybridized carbons (Fsp3) is 0.389. The minimum Gasteiger partial charge on any atom is -0.451 e. The molecule has 0 bridgehead atoms. The van der Waals surface area contributed by atoms with Gasteiger partial charge in [0.1, 0.15) is 5.76 Å². The number of nitrogen functional groups attached to an aromatic ring is 1. The van der Waals surface area contributed by atoms with Gasteiger partial charge in [-0.2, -0.15) is 0 Å². The number of piperidine rings is 1. The summed E-state index contributed by atoms with van der Waals surface area (Å²) in [6.45, 7) is 4.18. The van der Waals surface area contributed by atoms with Gasteiger partial charge in [-0.15, -0.1) is 0 Å². The van der Waals surface area contributed by atoms with E-state index in [0.717, 1.165) is 24.8 Å². The van der Waals surface area contributed by atoms with Crippen molar-refractivity contribution >= 4 is 23.2 Å². The molecule has 0 spiro atoms. The second-order valence-corrected chi connectivity index (χ2v) is 6.67. The molecule has 2 atom stereocenters. The van der Waals surface area contributed by atoms with Crippen LogP contribution in [0.2, 0.25) is 5.02 Å². The SMILES string of the molecule is CC1CCCC(C)N1C(=O)c1ccc(-c2ccc(Cl)cc2N)o1. The van der Waals surface area contributed by atoms with Crippen LogP contribution in [0.5, 0.6) is 0 Å². The summed E-state index contributed by atoms with van der Waals surface area (Å²) in [5.74, 6) is 0.887. The molecule has 1 aliphatic heterocycles. The van der Waals surface area contributed by atoms with E-state index in [4.69, 9.17) is 21.8 Å². The van der Waals surface area contributed by atoms with Crippen LogP contribution in [0.3, 0.4) is 0 Å². The summed E-state index contributed by atoms with van der Waals surface area (Å²) in [5, 5.41) is 0.574. The number of carbonyl (C=O) groups excluding carboxylic acids is 1. The van der Waals surface area contributed by atoms with Crippen molar-refractivity contribution < 1.29 is 9.21 Å². The molecule has 1 aliphatic rings. The van der Waals surface area contributed by atoms with Crippen molar-refractivity contribution in [3.8, 4) is 11.3 Å². The summed E-state index contributed by atoms with van der Waals surface area (Å²) >= 11 is 5.92. The van der Waals surface area contributed by atoms with Crippen molar-refractivity contribution in [2.45, 2.75) is 45.2 Å². The largest absolute Gasteiger partial charge is 0.451 e. The second kappa shape index (κ2) is 6.28. The molecule has 2 unspecified atom stereocenters. The van der Waals surface area contributed by atoms with Crippen LogP contribution in [0.4, 0.5) is 5.69 Å². The fourth-order valence-electron chi connectivity index (χ4n) is 3.30. The number of nitrogens with two attached hydrogens (primary N) is 1. The lowest BCUT2D eigenvalue weighted by molar-refractivity contribution is 0.0479. The van der Waals surface area contributed by atoms with Gasteiger partial charge in [0.05, 0.1) is 0 Å². The maximum absolute atomic E-state index is 12.8. The van der Waals surface area contributed by atoms with Crippen LogP contribution in [0, 0.1) is 0 Å². The molecule has 3 rings (SSSR count). The number of rotatable bonds is 2. The number of hydrogen-bond donors (Lipinski definition) is 1. The van der Waals surface area contributed by atoms with Crippen molar-refractivity contribution in [3.63, 3.8) is 0 Å². The first kappa shape index (κ1) is 15.9. The molecule has 122 valence electrons. The number of anilines is 1. The Morgan fingerprint density at radius 1 is 1.22 bits per heavy atom. The van der Waals surface area contributed by atoms with Gasteiger partial charge in [-0.3, -0.25) is 4.79 Å². The molecule has 2 N–H and O–H groups in total. The number of nitrogens with zero attached hydrogens (tertiary/aromatic N) is 1. The zero-order valence-corrected chi connectivity index (χ0v) is 14.1. The maximum Gasteiger partial charge on any atom is 0.290 e. The van der Waals surface area contributed by atoms with Crippen LogP contribution >= 0.6 is 11.6 Å². The number of benzene rings is 1. The Morgan fingerprint density at radius 2 is 1.91 bits per heavy atom. The van der Waals surface area contributed by atoms with Crippen molar-refractivity contribution in [1.82, 2.24) is 4.90 Å². The Kier molecular flexibility index (Phi) is 4.35. The molecule has 23 heavy (non-hydrogen) atoms. The van der Waals surface area contributed by atoms with Gasteiger partial charge < -0.3 is 15.1 Å². The van der Waals surface area contributed by atoms with E-state index in [9.17, 15) is 4.79 Å². The first-order valence-electron chi connectivity index (χ1n) is 7.95. The zero-order chi connectivity index (χ0) is 16.6. The van der Waals surface area contributed by atoms with Gasteiger partial charge in [-0.05, 0) is 63.4 Å². The molecule has 0 radical (unpaired) electrons. The lowest BCUT2D eigenvalue weighted by atomic mass is 9.97. The molecule has 1 aromatic carbocycles. The number of halogens is 1. The highest BCUT2D eigenvalue weighted by Crippen LogP contribution is 2.31. The van der Waals surface area contributed by atoms with E-state index in [1.54, 1.807) is 30.3 Å². The average molecular weight is 333 g/mol.